The van der Waals surface area contributed by atoms with Gasteiger partial charge in [0.15, 0.2) is 6.10 Å². The molecule has 1 saturated heterocycles. The van der Waals surface area contributed by atoms with Crippen LogP contribution in [0, 0.1) is 0 Å². The zero-order valence-electron chi connectivity index (χ0n) is 9.98. The molecule has 2 N–H and O–H groups in total. The predicted molar refractivity (Wildman–Crippen MR) is 61.1 cm³/mol. The summed E-state index contributed by atoms with van der Waals surface area (Å²) in [6.45, 7) is 5.60. The molecule has 0 aromatic rings. The van der Waals surface area contributed by atoms with Gasteiger partial charge in [0.2, 0.25) is 0 Å². The third-order valence-electron chi connectivity index (χ3n) is 2.53. The Labute approximate surface area is 96.9 Å². The van der Waals surface area contributed by atoms with Crippen LogP contribution in [-0.4, -0.2) is 56.4 Å². The van der Waals surface area contributed by atoms with Gasteiger partial charge in [0.1, 0.15) is 0 Å². The molecule has 94 valence electrons. The van der Waals surface area contributed by atoms with Crippen LogP contribution in [0.5, 0.6) is 0 Å². The summed E-state index contributed by atoms with van der Waals surface area (Å²) in [5.74, 6) is 0.0370. The lowest BCUT2D eigenvalue weighted by molar-refractivity contribution is -0.158. The molecule has 1 rings (SSSR count). The number of amides is 1. The van der Waals surface area contributed by atoms with Gasteiger partial charge in [-0.3, -0.25) is 4.79 Å². The highest BCUT2D eigenvalue weighted by atomic mass is 16.6. The summed E-state index contributed by atoms with van der Waals surface area (Å²) < 4.78 is 10.6. The normalized spacial score (nSPS) is 20.8. The van der Waals surface area contributed by atoms with E-state index in [9.17, 15) is 4.79 Å². The second kappa shape index (κ2) is 7.60. The minimum absolute atomic E-state index is 0.0370. The van der Waals surface area contributed by atoms with Gasteiger partial charge in [-0.05, 0) is 19.4 Å². The summed E-state index contributed by atoms with van der Waals surface area (Å²) >= 11 is 0. The van der Waals surface area contributed by atoms with Crippen molar-refractivity contribution in [3.05, 3.63) is 0 Å². The molecule has 1 aliphatic rings. The summed E-state index contributed by atoms with van der Waals surface area (Å²) in [5.41, 5.74) is 5.46. The molecule has 5 heteroatoms. The van der Waals surface area contributed by atoms with Gasteiger partial charge in [-0.1, -0.05) is 6.92 Å². The maximum absolute atomic E-state index is 12.1. The van der Waals surface area contributed by atoms with Crippen LogP contribution in [0.15, 0.2) is 0 Å². The number of carbonyl (C=O) groups excluding carboxylic acids is 1. The monoisotopic (exact) mass is 230 g/mol. The van der Waals surface area contributed by atoms with Crippen molar-refractivity contribution in [2.24, 2.45) is 5.73 Å². The molecule has 0 radical (unpaired) electrons. The predicted octanol–water partition coefficient (Wildman–Crippen LogP) is -0.0108. The third-order valence-corrected chi connectivity index (χ3v) is 2.53. The average Bonchev–Trinajstić information content (AvgIpc) is 2.35. The fourth-order valence-corrected chi connectivity index (χ4v) is 1.72. The van der Waals surface area contributed by atoms with E-state index >= 15 is 0 Å². The molecular weight excluding hydrogens is 208 g/mol. The van der Waals surface area contributed by atoms with Gasteiger partial charge in [-0.2, -0.15) is 0 Å². The maximum Gasteiger partial charge on any atom is 0.254 e. The van der Waals surface area contributed by atoms with Crippen molar-refractivity contribution in [3.63, 3.8) is 0 Å². The fraction of sp³-hybridized carbons (Fsp3) is 0.909. The third kappa shape index (κ3) is 4.08. The van der Waals surface area contributed by atoms with E-state index in [4.69, 9.17) is 15.2 Å². The van der Waals surface area contributed by atoms with Crippen LogP contribution in [0.3, 0.4) is 0 Å². The molecule has 1 atom stereocenters. The Morgan fingerprint density at radius 2 is 2.25 bits per heavy atom. The lowest BCUT2D eigenvalue weighted by Crippen LogP contribution is -2.46. The van der Waals surface area contributed by atoms with Gasteiger partial charge in [0.05, 0.1) is 19.8 Å². The van der Waals surface area contributed by atoms with E-state index in [1.54, 1.807) is 0 Å². The first kappa shape index (κ1) is 13.4. The fourth-order valence-electron chi connectivity index (χ4n) is 1.72. The Bertz CT molecular complexity index is 205. The van der Waals surface area contributed by atoms with Crippen molar-refractivity contribution in [3.8, 4) is 0 Å². The molecule has 0 aliphatic carbocycles. The smallest absolute Gasteiger partial charge is 0.254 e. The van der Waals surface area contributed by atoms with Gasteiger partial charge in [0.25, 0.3) is 5.91 Å². The van der Waals surface area contributed by atoms with Crippen molar-refractivity contribution in [1.29, 1.82) is 0 Å². The lowest BCUT2D eigenvalue weighted by atomic mass is 10.2. The van der Waals surface area contributed by atoms with Gasteiger partial charge in [-0.15, -0.1) is 0 Å². The Hall–Kier alpha value is -0.650. The Kier molecular flexibility index (Phi) is 6.37. The molecule has 1 unspecified atom stereocenters. The first-order valence-corrected chi connectivity index (χ1v) is 5.97. The first-order chi connectivity index (χ1) is 7.79. The van der Waals surface area contributed by atoms with E-state index in [-0.39, 0.29) is 5.91 Å². The number of ether oxygens (including phenoxy) is 2. The van der Waals surface area contributed by atoms with E-state index in [0.717, 1.165) is 19.4 Å². The number of hydrogen-bond acceptors (Lipinski definition) is 4. The number of nitrogens with two attached hydrogens (primary N) is 1. The molecule has 16 heavy (non-hydrogen) atoms. The number of carbonyl (C=O) groups is 1. The van der Waals surface area contributed by atoms with Crippen LogP contribution in [0.2, 0.25) is 0 Å². The van der Waals surface area contributed by atoms with Gasteiger partial charge in [0, 0.05) is 13.1 Å². The molecule has 1 aliphatic heterocycles. The van der Waals surface area contributed by atoms with E-state index in [1.165, 1.54) is 0 Å². The Morgan fingerprint density at radius 3 is 2.81 bits per heavy atom. The van der Waals surface area contributed by atoms with Crippen LogP contribution in [0.1, 0.15) is 19.8 Å². The molecule has 0 saturated carbocycles. The zero-order chi connectivity index (χ0) is 11.8. The molecule has 0 spiro atoms. The molecule has 5 nitrogen and oxygen atoms in total. The minimum atomic E-state index is -0.418. The molecule has 0 aromatic carbocycles. The van der Waals surface area contributed by atoms with Crippen LogP contribution in [-0.2, 0) is 14.3 Å². The van der Waals surface area contributed by atoms with Gasteiger partial charge in [-0.25, -0.2) is 0 Å². The summed E-state index contributed by atoms with van der Waals surface area (Å²) in [6, 6.07) is 0. The van der Waals surface area contributed by atoms with Gasteiger partial charge >= 0.3 is 0 Å². The maximum atomic E-state index is 12.1. The molecule has 0 aromatic heterocycles. The van der Waals surface area contributed by atoms with Crippen molar-refractivity contribution < 1.29 is 14.3 Å². The standard InChI is InChI=1S/C11H22N2O3/c1-2-5-13(6-3-4-12)11(14)10-9-15-7-8-16-10/h10H,2-9,12H2,1H3. The van der Waals surface area contributed by atoms with Crippen LogP contribution >= 0.6 is 0 Å². The minimum Gasteiger partial charge on any atom is -0.376 e. The van der Waals surface area contributed by atoms with Crippen LogP contribution in [0.25, 0.3) is 0 Å². The van der Waals surface area contributed by atoms with E-state index in [1.807, 2.05) is 4.90 Å². The number of rotatable bonds is 6. The van der Waals surface area contributed by atoms with Crippen LogP contribution < -0.4 is 5.73 Å². The zero-order valence-corrected chi connectivity index (χ0v) is 9.98. The van der Waals surface area contributed by atoms with Crippen molar-refractivity contribution in [1.82, 2.24) is 4.90 Å². The second-order valence-corrected chi connectivity index (χ2v) is 3.90. The number of nitrogens with zero attached hydrogens (tertiary/aromatic N) is 1. The SMILES string of the molecule is CCCN(CCCN)C(=O)C1COCCO1. The first-order valence-electron chi connectivity index (χ1n) is 5.97. The highest BCUT2D eigenvalue weighted by Crippen LogP contribution is 2.06. The summed E-state index contributed by atoms with van der Waals surface area (Å²) in [6.07, 6.45) is 1.36. The number of hydrogen-bond donors (Lipinski definition) is 1. The largest absolute Gasteiger partial charge is 0.376 e. The van der Waals surface area contributed by atoms with Crippen molar-refractivity contribution >= 4 is 5.91 Å². The highest BCUT2D eigenvalue weighted by molar-refractivity contribution is 5.81. The Balaban J connectivity index is 2.44. The van der Waals surface area contributed by atoms with Crippen molar-refractivity contribution in [2.75, 3.05) is 39.5 Å². The highest BCUT2D eigenvalue weighted by Gasteiger charge is 2.26. The molecular formula is C11H22N2O3. The summed E-state index contributed by atoms with van der Waals surface area (Å²) in [7, 11) is 0. The molecule has 1 heterocycles. The summed E-state index contributed by atoms with van der Waals surface area (Å²) in [4.78, 5) is 13.9. The second-order valence-electron chi connectivity index (χ2n) is 3.90. The quantitative estimate of drug-likeness (QED) is 0.697. The molecule has 1 fully saturated rings. The molecule has 1 amide bonds. The van der Waals surface area contributed by atoms with Crippen LogP contribution in [0.4, 0.5) is 0 Å². The Morgan fingerprint density at radius 1 is 1.44 bits per heavy atom. The van der Waals surface area contributed by atoms with E-state index < -0.39 is 6.10 Å². The summed E-state index contributed by atoms with van der Waals surface area (Å²) in [5, 5.41) is 0. The van der Waals surface area contributed by atoms with Crippen molar-refractivity contribution in [2.45, 2.75) is 25.9 Å². The average molecular weight is 230 g/mol. The van der Waals surface area contributed by atoms with E-state index in [2.05, 4.69) is 6.92 Å². The van der Waals surface area contributed by atoms with Gasteiger partial charge < -0.3 is 20.1 Å². The van der Waals surface area contributed by atoms with E-state index in [0.29, 0.717) is 32.9 Å². The topological polar surface area (TPSA) is 64.8 Å². The lowest BCUT2D eigenvalue weighted by Gasteiger charge is -2.29. The molecule has 0 bridgehead atoms.